The summed E-state index contributed by atoms with van der Waals surface area (Å²) in [7, 11) is -3.59. The summed E-state index contributed by atoms with van der Waals surface area (Å²) in [4.78, 5) is 34.5. The Kier molecular flexibility index (Phi) is 6.43. The maximum atomic E-state index is 12.5. The van der Waals surface area contributed by atoms with Crippen molar-refractivity contribution in [2.24, 2.45) is 0 Å². The molecule has 158 valence electrons. The summed E-state index contributed by atoms with van der Waals surface area (Å²) in [5.74, 6) is -1.57. The van der Waals surface area contributed by atoms with Crippen LogP contribution in [0.5, 0.6) is 0 Å². The minimum atomic E-state index is -3.59. The van der Waals surface area contributed by atoms with E-state index in [9.17, 15) is 28.1 Å². The van der Waals surface area contributed by atoms with Gasteiger partial charge in [0, 0.05) is 19.2 Å². The Bertz CT molecular complexity index is 1060. The van der Waals surface area contributed by atoms with E-state index in [-0.39, 0.29) is 21.8 Å². The standard InChI is InChI=1S/C19H19N3O7S/c23-18(20-16-5-1-2-6-17(16)22(25)26)13-29-19(24)14-7-9-15(10-8-14)30(27,28)21-11-3-4-12-21/h1-2,5-10H,3-4,11-13H2,(H,20,23). The van der Waals surface area contributed by atoms with Gasteiger partial charge in [0.2, 0.25) is 10.0 Å². The van der Waals surface area contributed by atoms with Crippen molar-refractivity contribution in [3.8, 4) is 0 Å². The lowest BCUT2D eigenvalue weighted by molar-refractivity contribution is -0.383. The zero-order valence-corrected chi connectivity index (χ0v) is 16.6. The molecule has 0 unspecified atom stereocenters. The maximum Gasteiger partial charge on any atom is 0.338 e. The number of nitro groups is 1. The highest BCUT2D eigenvalue weighted by atomic mass is 32.2. The van der Waals surface area contributed by atoms with Gasteiger partial charge in [0.1, 0.15) is 5.69 Å². The Morgan fingerprint density at radius 1 is 1.07 bits per heavy atom. The molecule has 1 heterocycles. The second kappa shape index (κ2) is 9.01. The predicted molar refractivity (Wildman–Crippen MR) is 106 cm³/mol. The minimum absolute atomic E-state index is 0.0139. The predicted octanol–water partition coefficient (Wildman–Crippen LogP) is 2.17. The lowest BCUT2D eigenvalue weighted by atomic mass is 10.2. The van der Waals surface area contributed by atoms with Crippen LogP contribution < -0.4 is 5.32 Å². The van der Waals surface area contributed by atoms with Crippen LogP contribution in [-0.4, -0.2) is 49.2 Å². The second-order valence-corrected chi connectivity index (χ2v) is 8.47. The zero-order valence-electron chi connectivity index (χ0n) is 15.8. The van der Waals surface area contributed by atoms with E-state index in [0.29, 0.717) is 13.1 Å². The number of esters is 1. The smallest absolute Gasteiger partial charge is 0.338 e. The van der Waals surface area contributed by atoms with Gasteiger partial charge in [-0.15, -0.1) is 0 Å². The van der Waals surface area contributed by atoms with Crippen molar-refractivity contribution in [2.45, 2.75) is 17.7 Å². The van der Waals surface area contributed by atoms with Crippen LogP contribution >= 0.6 is 0 Å². The monoisotopic (exact) mass is 433 g/mol. The summed E-state index contributed by atoms with van der Waals surface area (Å²) in [5, 5.41) is 13.3. The fourth-order valence-corrected chi connectivity index (χ4v) is 4.50. The molecule has 1 N–H and O–H groups in total. The van der Waals surface area contributed by atoms with Crippen molar-refractivity contribution < 1.29 is 27.7 Å². The molecule has 1 aliphatic heterocycles. The molecule has 3 rings (SSSR count). The van der Waals surface area contributed by atoms with E-state index >= 15 is 0 Å². The first-order valence-electron chi connectivity index (χ1n) is 9.09. The molecule has 0 spiro atoms. The molecule has 0 radical (unpaired) electrons. The number of hydrogen-bond acceptors (Lipinski definition) is 7. The molecule has 2 aromatic rings. The van der Waals surface area contributed by atoms with Gasteiger partial charge in [-0.2, -0.15) is 4.31 Å². The Morgan fingerprint density at radius 2 is 1.70 bits per heavy atom. The van der Waals surface area contributed by atoms with Gasteiger partial charge in [0.25, 0.3) is 11.6 Å². The number of rotatable bonds is 7. The number of nitrogens with zero attached hydrogens (tertiary/aromatic N) is 2. The SMILES string of the molecule is O=C(COC(=O)c1ccc(S(=O)(=O)N2CCCC2)cc1)Nc1ccccc1[N+](=O)[O-]. The van der Waals surface area contributed by atoms with Crippen molar-refractivity contribution >= 4 is 33.3 Å². The number of hydrogen-bond donors (Lipinski definition) is 1. The molecule has 2 aromatic carbocycles. The number of benzene rings is 2. The zero-order chi connectivity index (χ0) is 21.7. The first-order valence-corrected chi connectivity index (χ1v) is 10.5. The van der Waals surface area contributed by atoms with E-state index in [0.717, 1.165) is 12.8 Å². The van der Waals surface area contributed by atoms with Crippen LogP contribution in [0.4, 0.5) is 11.4 Å². The van der Waals surface area contributed by atoms with Crippen LogP contribution in [0.15, 0.2) is 53.4 Å². The summed E-state index contributed by atoms with van der Waals surface area (Å²) in [6.45, 7) is 0.292. The molecular weight excluding hydrogens is 414 g/mol. The molecule has 0 atom stereocenters. The molecule has 0 saturated carbocycles. The lowest BCUT2D eigenvalue weighted by Gasteiger charge is -2.15. The first kappa shape index (κ1) is 21.4. The highest BCUT2D eigenvalue weighted by Gasteiger charge is 2.27. The topological polar surface area (TPSA) is 136 Å². The van der Waals surface area contributed by atoms with E-state index in [4.69, 9.17) is 4.74 Å². The van der Waals surface area contributed by atoms with Crippen LogP contribution in [0.3, 0.4) is 0 Å². The van der Waals surface area contributed by atoms with Gasteiger partial charge in [0.05, 0.1) is 15.4 Å². The Hall–Kier alpha value is -3.31. The minimum Gasteiger partial charge on any atom is -0.452 e. The Balaban J connectivity index is 1.59. The number of nitrogens with one attached hydrogen (secondary N) is 1. The molecule has 1 saturated heterocycles. The maximum absolute atomic E-state index is 12.5. The van der Waals surface area contributed by atoms with Gasteiger partial charge in [0.15, 0.2) is 6.61 Å². The van der Waals surface area contributed by atoms with E-state index in [1.807, 2.05) is 0 Å². The molecule has 1 amide bonds. The molecule has 11 heteroatoms. The van der Waals surface area contributed by atoms with E-state index in [1.54, 1.807) is 0 Å². The molecule has 0 aromatic heterocycles. The summed E-state index contributed by atoms with van der Waals surface area (Å²) in [6, 6.07) is 10.8. The molecule has 1 fully saturated rings. The third-order valence-corrected chi connectivity index (χ3v) is 6.41. The van der Waals surface area contributed by atoms with Crippen LogP contribution in [0.2, 0.25) is 0 Å². The van der Waals surface area contributed by atoms with Gasteiger partial charge >= 0.3 is 5.97 Å². The van der Waals surface area contributed by atoms with Crippen LogP contribution in [0.25, 0.3) is 0 Å². The molecule has 0 bridgehead atoms. The van der Waals surface area contributed by atoms with Gasteiger partial charge in [-0.25, -0.2) is 13.2 Å². The van der Waals surface area contributed by atoms with Crippen LogP contribution in [-0.2, 0) is 19.6 Å². The van der Waals surface area contributed by atoms with Crippen molar-refractivity contribution in [3.05, 3.63) is 64.2 Å². The summed E-state index contributed by atoms with van der Waals surface area (Å²) in [6.07, 6.45) is 1.63. The van der Waals surface area contributed by atoms with Gasteiger partial charge in [-0.1, -0.05) is 12.1 Å². The van der Waals surface area contributed by atoms with E-state index in [1.165, 1.54) is 52.8 Å². The summed E-state index contributed by atoms with van der Waals surface area (Å²) in [5.41, 5.74) is -0.221. The number of amides is 1. The molecular formula is C19H19N3O7S. The number of sulfonamides is 1. The van der Waals surface area contributed by atoms with Crippen LogP contribution in [0, 0.1) is 10.1 Å². The third-order valence-electron chi connectivity index (χ3n) is 4.50. The number of nitro benzene ring substituents is 1. The summed E-state index contributed by atoms with van der Waals surface area (Å²) < 4.78 is 31.3. The van der Waals surface area contributed by atoms with Crippen molar-refractivity contribution in [1.29, 1.82) is 0 Å². The fraction of sp³-hybridized carbons (Fsp3) is 0.263. The number of ether oxygens (including phenoxy) is 1. The molecule has 0 aliphatic carbocycles. The van der Waals surface area contributed by atoms with E-state index in [2.05, 4.69) is 5.32 Å². The fourth-order valence-electron chi connectivity index (χ4n) is 2.98. The number of carbonyl (C=O) groups excluding carboxylic acids is 2. The molecule has 30 heavy (non-hydrogen) atoms. The highest BCUT2D eigenvalue weighted by Crippen LogP contribution is 2.23. The quantitative estimate of drug-likeness (QED) is 0.401. The van der Waals surface area contributed by atoms with Gasteiger partial charge in [-0.3, -0.25) is 14.9 Å². The number of carbonyl (C=O) groups is 2. The number of para-hydroxylation sites is 2. The average Bonchev–Trinajstić information content (AvgIpc) is 3.28. The van der Waals surface area contributed by atoms with Gasteiger partial charge in [-0.05, 0) is 43.2 Å². The Morgan fingerprint density at radius 3 is 2.33 bits per heavy atom. The van der Waals surface area contributed by atoms with Crippen molar-refractivity contribution in [3.63, 3.8) is 0 Å². The first-order chi connectivity index (χ1) is 14.3. The highest BCUT2D eigenvalue weighted by molar-refractivity contribution is 7.89. The second-order valence-electron chi connectivity index (χ2n) is 6.53. The Labute approximate surface area is 172 Å². The largest absolute Gasteiger partial charge is 0.452 e. The van der Waals surface area contributed by atoms with Crippen LogP contribution in [0.1, 0.15) is 23.2 Å². The van der Waals surface area contributed by atoms with Crippen molar-refractivity contribution in [1.82, 2.24) is 4.31 Å². The third kappa shape index (κ3) is 4.81. The normalized spacial score (nSPS) is 14.3. The summed E-state index contributed by atoms with van der Waals surface area (Å²) >= 11 is 0. The van der Waals surface area contributed by atoms with Gasteiger partial charge < -0.3 is 10.1 Å². The lowest BCUT2D eigenvalue weighted by Crippen LogP contribution is -2.27. The molecule has 1 aliphatic rings. The average molecular weight is 433 g/mol. The molecule has 10 nitrogen and oxygen atoms in total. The number of anilines is 1. The van der Waals surface area contributed by atoms with Crippen molar-refractivity contribution in [2.75, 3.05) is 25.0 Å². The van der Waals surface area contributed by atoms with E-state index < -0.39 is 33.4 Å².